The number of aromatic amines is 1. The number of hydrogen-bond donors (Lipinski definition) is 4. The van der Waals surface area contributed by atoms with E-state index >= 15 is 0 Å². The van der Waals surface area contributed by atoms with E-state index in [4.69, 9.17) is 15.7 Å². The number of fused-ring (bicyclic) bond motifs is 1. The van der Waals surface area contributed by atoms with Gasteiger partial charge in [-0.3, -0.25) is 9.89 Å². The lowest BCUT2D eigenvalue weighted by atomic mass is 10.2. The number of carbonyl (C=O) groups excluding carboxylic acids is 1. The molecule has 0 bridgehead atoms. The molecule has 1 atom stereocenters. The van der Waals surface area contributed by atoms with Crippen molar-refractivity contribution < 1.29 is 4.79 Å². The molecule has 3 aromatic rings. The maximum Gasteiger partial charge on any atom is 0.247 e. The molecule has 5 N–H and O–H groups in total. The monoisotopic (exact) mass is 445 g/mol. The van der Waals surface area contributed by atoms with E-state index in [2.05, 4.69) is 31.9 Å². The van der Waals surface area contributed by atoms with Gasteiger partial charge in [-0.25, -0.2) is 9.97 Å². The summed E-state index contributed by atoms with van der Waals surface area (Å²) in [4.78, 5) is 28.9. The molecule has 0 aromatic carbocycles. The van der Waals surface area contributed by atoms with E-state index < -0.39 is 0 Å². The third kappa shape index (κ3) is 3.96. The van der Waals surface area contributed by atoms with Crippen molar-refractivity contribution in [2.75, 3.05) is 27.8 Å². The lowest BCUT2D eigenvalue weighted by Crippen LogP contribution is -2.40. The van der Waals surface area contributed by atoms with Gasteiger partial charge in [0.1, 0.15) is 17.7 Å². The fourth-order valence-electron chi connectivity index (χ4n) is 4.76. The molecule has 0 radical (unpaired) electrons. The Labute approximate surface area is 191 Å². The lowest BCUT2D eigenvalue weighted by molar-refractivity contribution is -0.117. The zero-order valence-corrected chi connectivity index (χ0v) is 18.3. The number of amides is 1. The van der Waals surface area contributed by atoms with Gasteiger partial charge in [0.25, 0.3) is 0 Å². The molecule has 2 aliphatic carbocycles. The molecule has 6 rings (SSSR count). The fraction of sp³-hybridized carbons (Fsp3) is 0.435. The van der Waals surface area contributed by atoms with Gasteiger partial charge in [0.2, 0.25) is 11.9 Å². The molecule has 10 heteroatoms. The van der Waals surface area contributed by atoms with Crippen LogP contribution in [0.1, 0.15) is 55.0 Å². The number of nitrogen functional groups attached to an aromatic ring is 1. The highest BCUT2D eigenvalue weighted by atomic mass is 16.2. The van der Waals surface area contributed by atoms with Crippen molar-refractivity contribution >= 4 is 35.0 Å². The van der Waals surface area contributed by atoms with Crippen LogP contribution in [0.25, 0.3) is 0 Å². The number of hydrogen-bond acceptors (Lipinski definition) is 8. The first-order valence-corrected chi connectivity index (χ1v) is 11.7. The van der Waals surface area contributed by atoms with Crippen LogP contribution in [0.5, 0.6) is 0 Å². The van der Waals surface area contributed by atoms with Crippen molar-refractivity contribution in [3.8, 4) is 0 Å². The molecule has 1 saturated carbocycles. The van der Waals surface area contributed by atoms with Crippen molar-refractivity contribution in [1.29, 1.82) is 0 Å². The molecular formula is C23H27N9O. The first-order valence-electron chi connectivity index (χ1n) is 11.7. The second-order valence-corrected chi connectivity index (χ2v) is 9.07. The summed E-state index contributed by atoms with van der Waals surface area (Å²) in [5, 5.41) is 13.9. The van der Waals surface area contributed by atoms with Crippen molar-refractivity contribution in [3.05, 3.63) is 41.3 Å². The van der Waals surface area contributed by atoms with E-state index in [0.29, 0.717) is 23.4 Å². The van der Waals surface area contributed by atoms with E-state index in [9.17, 15) is 4.79 Å². The van der Waals surface area contributed by atoms with Gasteiger partial charge in [-0.2, -0.15) is 10.1 Å². The Morgan fingerprint density at radius 2 is 2.06 bits per heavy atom. The Bertz CT molecular complexity index is 1190. The van der Waals surface area contributed by atoms with Crippen LogP contribution in [0, 0.1) is 0 Å². The van der Waals surface area contributed by atoms with E-state index in [1.807, 2.05) is 4.90 Å². The van der Waals surface area contributed by atoms with Crippen LogP contribution in [0.3, 0.4) is 0 Å². The smallest absolute Gasteiger partial charge is 0.247 e. The minimum absolute atomic E-state index is 0.0842. The van der Waals surface area contributed by atoms with Gasteiger partial charge < -0.3 is 21.3 Å². The third-order valence-electron chi connectivity index (χ3n) is 6.65. The van der Waals surface area contributed by atoms with Crippen LogP contribution in [0.15, 0.2) is 24.4 Å². The van der Waals surface area contributed by atoms with Crippen LogP contribution >= 0.6 is 0 Å². The average molecular weight is 446 g/mol. The highest BCUT2D eigenvalue weighted by Gasteiger charge is 2.34. The molecule has 1 aliphatic heterocycles. The third-order valence-corrected chi connectivity index (χ3v) is 6.65. The summed E-state index contributed by atoms with van der Waals surface area (Å²) >= 11 is 0. The van der Waals surface area contributed by atoms with Crippen molar-refractivity contribution in [2.24, 2.45) is 0 Å². The standard InChI is InChI=1S/C23H27N9O/c24-19-9-8-14(12-25-19)26-22(33)18-5-2-10-32(18)23-27-16-4-1-3-15(16)21(29-23)28-20-11-17(30-31-20)13-6-7-13/h8-9,11-13,18H,1-7,10H2,(H2,24,25)(H,26,33)(H2,27,28,29,30,31). The van der Waals surface area contributed by atoms with Crippen molar-refractivity contribution in [3.63, 3.8) is 0 Å². The number of aromatic nitrogens is 5. The molecule has 1 unspecified atom stereocenters. The van der Waals surface area contributed by atoms with E-state index in [1.165, 1.54) is 18.5 Å². The summed E-state index contributed by atoms with van der Waals surface area (Å²) in [6.45, 7) is 0.741. The molecule has 3 aliphatic rings. The summed E-state index contributed by atoms with van der Waals surface area (Å²) < 4.78 is 0. The minimum Gasteiger partial charge on any atom is -0.384 e. The first-order chi connectivity index (χ1) is 16.1. The molecule has 2 fully saturated rings. The van der Waals surface area contributed by atoms with Crippen molar-refractivity contribution in [2.45, 2.75) is 56.9 Å². The molecular weight excluding hydrogens is 418 g/mol. The summed E-state index contributed by atoms with van der Waals surface area (Å²) in [7, 11) is 0. The molecule has 4 heterocycles. The van der Waals surface area contributed by atoms with Crippen LogP contribution < -0.4 is 21.3 Å². The number of nitrogens with zero attached hydrogens (tertiary/aromatic N) is 5. The molecule has 1 amide bonds. The normalized spacial score (nSPS) is 19.5. The van der Waals surface area contributed by atoms with Crippen LogP contribution in [0.2, 0.25) is 0 Å². The SMILES string of the molecule is Nc1ccc(NC(=O)C2CCCN2c2nc3c(c(Nc4cc(C5CC5)[nH]n4)n2)CCC3)cn1. The highest BCUT2D eigenvalue weighted by Crippen LogP contribution is 2.40. The molecule has 33 heavy (non-hydrogen) atoms. The van der Waals surface area contributed by atoms with E-state index in [0.717, 1.165) is 61.5 Å². The zero-order valence-electron chi connectivity index (χ0n) is 18.3. The van der Waals surface area contributed by atoms with Gasteiger partial charge in [-0.15, -0.1) is 0 Å². The zero-order chi connectivity index (χ0) is 22.4. The predicted octanol–water partition coefficient (Wildman–Crippen LogP) is 2.89. The molecule has 10 nitrogen and oxygen atoms in total. The number of carbonyl (C=O) groups is 1. The number of H-pyrrole nitrogens is 1. The van der Waals surface area contributed by atoms with Crippen LogP contribution in [-0.2, 0) is 17.6 Å². The topological polar surface area (TPSA) is 138 Å². The van der Waals surface area contributed by atoms with Gasteiger partial charge in [0.05, 0.1) is 17.6 Å². The van der Waals surface area contributed by atoms with E-state index in [1.54, 1.807) is 18.3 Å². The number of aryl methyl sites for hydroxylation is 1. The van der Waals surface area contributed by atoms with E-state index in [-0.39, 0.29) is 11.9 Å². The molecule has 3 aromatic heterocycles. The van der Waals surface area contributed by atoms with Gasteiger partial charge in [0.15, 0.2) is 5.82 Å². The predicted molar refractivity (Wildman–Crippen MR) is 126 cm³/mol. The molecule has 1 saturated heterocycles. The van der Waals surface area contributed by atoms with Crippen LogP contribution in [0.4, 0.5) is 29.1 Å². The Kier molecular flexibility index (Phi) is 4.85. The minimum atomic E-state index is -0.332. The van der Waals surface area contributed by atoms with Crippen molar-refractivity contribution in [1.82, 2.24) is 25.1 Å². The summed E-state index contributed by atoms with van der Waals surface area (Å²) in [5.74, 6) is 3.13. The first kappa shape index (κ1) is 20.0. The van der Waals surface area contributed by atoms with Gasteiger partial charge >= 0.3 is 0 Å². The maximum absolute atomic E-state index is 13.1. The lowest BCUT2D eigenvalue weighted by Gasteiger charge is -2.25. The number of pyridine rings is 1. The van der Waals surface area contributed by atoms with Gasteiger partial charge in [0, 0.05) is 29.8 Å². The fourth-order valence-corrected chi connectivity index (χ4v) is 4.76. The number of anilines is 5. The summed E-state index contributed by atoms with van der Waals surface area (Å²) in [6.07, 6.45) is 8.61. The number of rotatable bonds is 6. The highest BCUT2D eigenvalue weighted by molar-refractivity contribution is 5.97. The summed E-state index contributed by atoms with van der Waals surface area (Å²) in [5.41, 5.74) is 9.67. The van der Waals surface area contributed by atoms with Crippen LogP contribution in [-0.4, -0.2) is 43.6 Å². The van der Waals surface area contributed by atoms with Gasteiger partial charge in [-0.1, -0.05) is 0 Å². The Balaban J connectivity index is 1.25. The second-order valence-electron chi connectivity index (χ2n) is 9.07. The molecule has 0 spiro atoms. The Hall–Kier alpha value is -3.69. The second kappa shape index (κ2) is 8.02. The number of nitrogens with one attached hydrogen (secondary N) is 3. The number of nitrogens with two attached hydrogens (primary N) is 1. The maximum atomic E-state index is 13.1. The summed E-state index contributed by atoms with van der Waals surface area (Å²) in [6, 6.07) is 5.18. The van der Waals surface area contributed by atoms with Gasteiger partial charge in [-0.05, 0) is 57.1 Å². The quantitative estimate of drug-likeness (QED) is 0.454. The largest absolute Gasteiger partial charge is 0.384 e. The Morgan fingerprint density at radius 1 is 1.15 bits per heavy atom. The average Bonchev–Trinajstić information content (AvgIpc) is 3.20. The Morgan fingerprint density at radius 3 is 2.88 bits per heavy atom. The molecule has 170 valence electrons.